The fraction of sp³-hybridized carbons (Fsp3) is 0.458. The minimum absolute atomic E-state index is 0.00433. The van der Waals surface area contributed by atoms with Crippen LogP contribution in [0.4, 0.5) is 5.82 Å². The first-order chi connectivity index (χ1) is 14.0. The fourth-order valence-corrected chi connectivity index (χ4v) is 3.53. The number of nitrogens with zero attached hydrogens (tertiary/aromatic N) is 2. The number of anilines is 1. The van der Waals surface area contributed by atoms with Gasteiger partial charge in [0.15, 0.2) is 5.78 Å². The largest absolute Gasteiger partial charge is 0.357 e. The molecule has 1 aromatic heterocycles. The molecule has 1 saturated heterocycles. The second kappa shape index (κ2) is 10.2. The summed E-state index contributed by atoms with van der Waals surface area (Å²) in [7, 11) is 0. The van der Waals surface area contributed by atoms with Crippen LogP contribution in [0.15, 0.2) is 42.6 Å². The summed E-state index contributed by atoms with van der Waals surface area (Å²) in [6.07, 6.45) is 5.62. The van der Waals surface area contributed by atoms with Crippen LogP contribution in [-0.2, 0) is 17.8 Å². The first-order valence-electron chi connectivity index (χ1n) is 10.6. The fourth-order valence-electron chi connectivity index (χ4n) is 3.53. The molecule has 1 aliphatic heterocycles. The number of hydrogen-bond donors (Lipinski definition) is 1. The van der Waals surface area contributed by atoms with Crippen LogP contribution >= 0.6 is 0 Å². The Balaban J connectivity index is 1.41. The Kier molecular flexibility index (Phi) is 7.39. The van der Waals surface area contributed by atoms with Gasteiger partial charge in [0.05, 0.1) is 0 Å². The van der Waals surface area contributed by atoms with Gasteiger partial charge in [-0.05, 0) is 42.4 Å². The molecule has 2 heterocycles. The Morgan fingerprint density at radius 2 is 1.72 bits per heavy atom. The third-order valence-electron chi connectivity index (χ3n) is 5.67. The van der Waals surface area contributed by atoms with Gasteiger partial charge in [0.1, 0.15) is 5.82 Å². The lowest BCUT2D eigenvalue weighted by molar-refractivity contribution is -0.121. The van der Waals surface area contributed by atoms with Crippen LogP contribution in [-0.4, -0.2) is 29.8 Å². The molecule has 1 fully saturated rings. The summed E-state index contributed by atoms with van der Waals surface area (Å²) in [5.41, 5.74) is 2.84. The van der Waals surface area contributed by atoms with E-state index in [2.05, 4.69) is 29.0 Å². The van der Waals surface area contributed by atoms with E-state index in [9.17, 15) is 9.59 Å². The standard InChI is InChI=1S/C24H31N3O2/c1-3-19-4-7-21(8-5-19)22(28)9-11-24(29)26-17-20-6-10-23(25-16-20)27-14-12-18(2)13-15-27/h4-8,10,16,18H,3,9,11-15,17H2,1-2H3,(H,26,29). The zero-order chi connectivity index (χ0) is 20.6. The summed E-state index contributed by atoms with van der Waals surface area (Å²) in [5, 5.41) is 2.88. The zero-order valence-corrected chi connectivity index (χ0v) is 17.5. The molecule has 5 heteroatoms. The van der Waals surface area contributed by atoms with Crippen molar-refractivity contribution in [1.29, 1.82) is 0 Å². The summed E-state index contributed by atoms with van der Waals surface area (Å²) in [4.78, 5) is 31.2. The molecule has 3 rings (SSSR count). The number of pyridine rings is 1. The maximum Gasteiger partial charge on any atom is 0.220 e. The van der Waals surface area contributed by atoms with Gasteiger partial charge >= 0.3 is 0 Å². The molecule has 1 aliphatic rings. The Hall–Kier alpha value is -2.69. The highest BCUT2D eigenvalue weighted by Gasteiger charge is 2.16. The van der Waals surface area contributed by atoms with Gasteiger partial charge in [0, 0.05) is 44.2 Å². The highest BCUT2D eigenvalue weighted by atomic mass is 16.2. The second-order valence-electron chi connectivity index (χ2n) is 7.94. The molecule has 0 bridgehead atoms. The number of Topliss-reactive ketones (excluding diaryl/α,β-unsaturated/α-hetero) is 1. The van der Waals surface area contributed by atoms with Gasteiger partial charge in [-0.1, -0.05) is 44.2 Å². The van der Waals surface area contributed by atoms with E-state index in [1.807, 2.05) is 42.6 Å². The molecule has 0 unspecified atom stereocenters. The topological polar surface area (TPSA) is 62.3 Å². The van der Waals surface area contributed by atoms with Crippen molar-refractivity contribution in [2.75, 3.05) is 18.0 Å². The quantitative estimate of drug-likeness (QED) is 0.684. The van der Waals surface area contributed by atoms with E-state index in [-0.39, 0.29) is 24.5 Å². The van der Waals surface area contributed by atoms with Gasteiger partial charge in [-0.2, -0.15) is 0 Å². The van der Waals surface area contributed by atoms with Crippen molar-refractivity contribution in [3.8, 4) is 0 Å². The Labute approximate surface area is 173 Å². The van der Waals surface area contributed by atoms with E-state index in [1.165, 1.54) is 18.4 Å². The van der Waals surface area contributed by atoms with Crippen LogP contribution in [0.1, 0.15) is 61.0 Å². The lowest BCUT2D eigenvalue weighted by Crippen LogP contribution is -2.33. The highest BCUT2D eigenvalue weighted by molar-refractivity contribution is 5.97. The number of hydrogen-bond acceptors (Lipinski definition) is 4. The van der Waals surface area contributed by atoms with E-state index < -0.39 is 0 Å². The van der Waals surface area contributed by atoms with E-state index >= 15 is 0 Å². The summed E-state index contributed by atoms with van der Waals surface area (Å²) in [6, 6.07) is 11.7. The van der Waals surface area contributed by atoms with Gasteiger partial charge in [-0.15, -0.1) is 0 Å². The Bertz CT molecular complexity index is 807. The van der Waals surface area contributed by atoms with E-state index in [4.69, 9.17) is 0 Å². The summed E-state index contributed by atoms with van der Waals surface area (Å²) in [6.45, 7) is 6.92. The number of carbonyl (C=O) groups excluding carboxylic acids is 2. The Morgan fingerprint density at radius 1 is 1.03 bits per heavy atom. The number of aryl methyl sites for hydroxylation is 1. The SMILES string of the molecule is CCc1ccc(C(=O)CCC(=O)NCc2ccc(N3CCC(C)CC3)nc2)cc1. The minimum atomic E-state index is -0.113. The van der Waals surface area contributed by atoms with Crippen LogP contribution in [0.3, 0.4) is 0 Å². The predicted octanol–water partition coefficient (Wildman–Crippen LogP) is 4.16. The van der Waals surface area contributed by atoms with Crippen molar-refractivity contribution in [3.63, 3.8) is 0 Å². The molecule has 1 N–H and O–H groups in total. The Morgan fingerprint density at radius 3 is 2.34 bits per heavy atom. The molecular formula is C24H31N3O2. The third-order valence-corrected chi connectivity index (χ3v) is 5.67. The molecule has 1 amide bonds. The smallest absolute Gasteiger partial charge is 0.220 e. The molecule has 0 radical (unpaired) electrons. The van der Waals surface area contributed by atoms with Crippen LogP contribution in [0.2, 0.25) is 0 Å². The molecule has 29 heavy (non-hydrogen) atoms. The number of benzene rings is 1. The van der Waals surface area contributed by atoms with E-state index in [0.717, 1.165) is 36.8 Å². The van der Waals surface area contributed by atoms with Crippen LogP contribution in [0.5, 0.6) is 0 Å². The number of piperidine rings is 1. The number of aromatic nitrogens is 1. The molecule has 5 nitrogen and oxygen atoms in total. The maximum atomic E-state index is 12.2. The van der Waals surface area contributed by atoms with E-state index in [0.29, 0.717) is 12.1 Å². The van der Waals surface area contributed by atoms with Crippen molar-refractivity contribution in [3.05, 3.63) is 59.3 Å². The van der Waals surface area contributed by atoms with Crippen LogP contribution in [0, 0.1) is 5.92 Å². The van der Waals surface area contributed by atoms with Crippen molar-refractivity contribution >= 4 is 17.5 Å². The molecular weight excluding hydrogens is 362 g/mol. The minimum Gasteiger partial charge on any atom is -0.357 e. The van der Waals surface area contributed by atoms with Crippen molar-refractivity contribution < 1.29 is 9.59 Å². The summed E-state index contributed by atoms with van der Waals surface area (Å²) >= 11 is 0. The van der Waals surface area contributed by atoms with Crippen molar-refractivity contribution in [2.45, 2.75) is 52.5 Å². The molecule has 0 aliphatic carbocycles. The molecule has 1 aromatic carbocycles. The van der Waals surface area contributed by atoms with Crippen LogP contribution < -0.4 is 10.2 Å². The molecule has 0 saturated carbocycles. The zero-order valence-electron chi connectivity index (χ0n) is 17.5. The number of nitrogens with one attached hydrogen (secondary N) is 1. The third kappa shape index (κ3) is 6.14. The van der Waals surface area contributed by atoms with Gasteiger partial charge in [-0.25, -0.2) is 4.98 Å². The van der Waals surface area contributed by atoms with Crippen molar-refractivity contribution in [2.24, 2.45) is 5.92 Å². The first-order valence-corrected chi connectivity index (χ1v) is 10.6. The van der Waals surface area contributed by atoms with Gasteiger partial charge < -0.3 is 10.2 Å². The number of rotatable bonds is 8. The van der Waals surface area contributed by atoms with Gasteiger partial charge in [0.25, 0.3) is 0 Å². The number of carbonyl (C=O) groups is 2. The average Bonchev–Trinajstić information content (AvgIpc) is 2.77. The summed E-state index contributed by atoms with van der Waals surface area (Å²) in [5.74, 6) is 1.69. The molecule has 2 aromatic rings. The van der Waals surface area contributed by atoms with Crippen molar-refractivity contribution in [1.82, 2.24) is 10.3 Å². The van der Waals surface area contributed by atoms with Gasteiger partial charge in [0.2, 0.25) is 5.91 Å². The maximum absolute atomic E-state index is 12.2. The average molecular weight is 394 g/mol. The highest BCUT2D eigenvalue weighted by Crippen LogP contribution is 2.21. The number of ketones is 1. The molecule has 154 valence electrons. The lowest BCUT2D eigenvalue weighted by atomic mass is 9.99. The second-order valence-corrected chi connectivity index (χ2v) is 7.94. The molecule has 0 atom stereocenters. The summed E-state index contributed by atoms with van der Waals surface area (Å²) < 4.78 is 0. The number of amides is 1. The predicted molar refractivity (Wildman–Crippen MR) is 116 cm³/mol. The van der Waals surface area contributed by atoms with Gasteiger partial charge in [-0.3, -0.25) is 9.59 Å². The van der Waals surface area contributed by atoms with Crippen LogP contribution in [0.25, 0.3) is 0 Å². The molecule has 0 spiro atoms. The lowest BCUT2D eigenvalue weighted by Gasteiger charge is -2.31. The monoisotopic (exact) mass is 393 g/mol. The van der Waals surface area contributed by atoms with E-state index in [1.54, 1.807) is 0 Å². The first kappa shape index (κ1) is 21.0. The normalized spacial score (nSPS) is 14.6.